The van der Waals surface area contributed by atoms with E-state index in [0.29, 0.717) is 12.0 Å². The highest BCUT2D eigenvalue weighted by Crippen LogP contribution is 2.42. The number of carbonyl (C=O) groups is 1. The molecule has 1 N–H and O–H groups in total. The first-order chi connectivity index (χ1) is 8.17. The van der Waals surface area contributed by atoms with Crippen molar-refractivity contribution >= 4 is 5.91 Å². The van der Waals surface area contributed by atoms with Crippen molar-refractivity contribution in [3.63, 3.8) is 0 Å². The second kappa shape index (κ2) is 5.21. The number of hydrogen-bond acceptors (Lipinski definition) is 2. The molecular formula is C14H24N2O. The van der Waals surface area contributed by atoms with Crippen LogP contribution in [-0.2, 0) is 4.79 Å². The summed E-state index contributed by atoms with van der Waals surface area (Å²) in [6.45, 7) is 7.67. The SMILES string of the molecule is CCN(CC)C(=O)C(C)NC1CC2CC=CC21. The molecule has 4 atom stereocenters. The summed E-state index contributed by atoms with van der Waals surface area (Å²) in [6.07, 6.45) is 7.07. The molecule has 0 bridgehead atoms. The van der Waals surface area contributed by atoms with E-state index in [1.54, 1.807) is 0 Å². The molecule has 0 aliphatic heterocycles. The van der Waals surface area contributed by atoms with Crippen LogP contribution in [0.1, 0.15) is 33.6 Å². The highest BCUT2D eigenvalue weighted by atomic mass is 16.2. The van der Waals surface area contributed by atoms with Gasteiger partial charge < -0.3 is 10.2 Å². The van der Waals surface area contributed by atoms with E-state index in [2.05, 4.69) is 17.5 Å². The number of likely N-dealkylation sites (N-methyl/N-ethyl adjacent to an activating group) is 1. The summed E-state index contributed by atoms with van der Waals surface area (Å²) in [5, 5.41) is 3.49. The van der Waals surface area contributed by atoms with E-state index in [-0.39, 0.29) is 11.9 Å². The van der Waals surface area contributed by atoms with Crippen molar-refractivity contribution in [2.45, 2.75) is 45.7 Å². The van der Waals surface area contributed by atoms with Crippen LogP contribution in [0.15, 0.2) is 12.2 Å². The zero-order valence-electron chi connectivity index (χ0n) is 11.1. The smallest absolute Gasteiger partial charge is 0.239 e. The van der Waals surface area contributed by atoms with Gasteiger partial charge in [-0.1, -0.05) is 12.2 Å². The maximum atomic E-state index is 12.1. The molecule has 0 aromatic rings. The second-order valence-electron chi connectivity index (χ2n) is 5.24. The van der Waals surface area contributed by atoms with Crippen LogP contribution < -0.4 is 5.32 Å². The lowest BCUT2D eigenvalue weighted by Crippen LogP contribution is -2.55. The fraction of sp³-hybridized carbons (Fsp3) is 0.786. The molecule has 3 heteroatoms. The Morgan fingerprint density at radius 3 is 2.76 bits per heavy atom. The van der Waals surface area contributed by atoms with Crippen LogP contribution in [-0.4, -0.2) is 36.0 Å². The Labute approximate surface area is 104 Å². The number of rotatable bonds is 5. The quantitative estimate of drug-likeness (QED) is 0.738. The molecule has 2 aliphatic carbocycles. The average Bonchev–Trinajstić information content (AvgIpc) is 2.68. The topological polar surface area (TPSA) is 32.3 Å². The Hall–Kier alpha value is -0.830. The molecule has 2 rings (SSSR count). The minimum atomic E-state index is -0.0464. The summed E-state index contributed by atoms with van der Waals surface area (Å²) >= 11 is 0. The molecule has 96 valence electrons. The molecule has 2 aliphatic rings. The van der Waals surface area contributed by atoms with Gasteiger partial charge in [0.1, 0.15) is 0 Å². The third-order valence-electron chi connectivity index (χ3n) is 4.27. The van der Waals surface area contributed by atoms with Gasteiger partial charge in [-0.25, -0.2) is 0 Å². The maximum absolute atomic E-state index is 12.1. The fourth-order valence-electron chi connectivity index (χ4n) is 3.11. The van der Waals surface area contributed by atoms with E-state index >= 15 is 0 Å². The minimum Gasteiger partial charge on any atom is -0.342 e. The molecule has 4 unspecified atom stereocenters. The van der Waals surface area contributed by atoms with E-state index in [0.717, 1.165) is 19.0 Å². The van der Waals surface area contributed by atoms with Crippen molar-refractivity contribution in [3.05, 3.63) is 12.2 Å². The van der Waals surface area contributed by atoms with Gasteiger partial charge >= 0.3 is 0 Å². The van der Waals surface area contributed by atoms with Gasteiger partial charge in [-0.2, -0.15) is 0 Å². The first kappa shape index (κ1) is 12.6. The standard InChI is InChI=1S/C14H24N2O/c1-4-16(5-2)14(17)10(3)15-13-9-11-7-6-8-12(11)13/h6,8,10-13,15H,4-5,7,9H2,1-3H3. The van der Waals surface area contributed by atoms with Gasteiger partial charge in [0, 0.05) is 19.1 Å². The summed E-state index contributed by atoms with van der Waals surface area (Å²) < 4.78 is 0. The minimum absolute atomic E-state index is 0.0464. The number of nitrogens with zero attached hydrogens (tertiary/aromatic N) is 1. The Morgan fingerprint density at radius 2 is 2.18 bits per heavy atom. The first-order valence-corrected chi connectivity index (χ1v) is 6.88. The molecule has 0 radical (unpaired) electrons. The molecule has 1 fully saturated rings. The molecule has 17 heavy (non-hydrogen) atoms. The van der Waals surface area contributed by atoms with Gasteiger partial charge in [0.05, 0.1) is 6.04 Å². The van der Waals surface area contributed by atoms with Crippen molar-refractivity contribution in [1.29, 1.82) is 0 Å². The van der Waals surface area contributed by atoms with E-state index in [9.17, 15) is 4.79 Å². The number of fused-ring (bicyclic) bond motifs is 1. The van der Waals surface area contributed by atoms with Crippen LogP contribution in [0.3, 0.4) is 0 Å². The van der Waals surface area contributed by atoms with Gasteiger partial charge in [0.15, 0.2) is 0 Å². The summed E-state index contributed by atoms with van der Waals surface area (Å²) in [6, 6.07) is 0.475. The summed E-state index contributed by atoms with van der Waals surface area (Å²) in [5.74, 6) is 1.77. The molecular weight excluding hydrogens is 212 g/mol. The Kier molecular flexibility index (Phi) is 3.87. The number of amides is 1. The molecule has 3 nitrogen and oxygen atoms in total. The number of hydrogen-bond donors (Lipinski definition) is 1. The van der Waals surface area contributed by atoms with E-state index in [1.165, 1.54) is 12.8 Å². The van der Waals surface area contributed by atoms with Crippen LogP contribution in [0.4, 0.5) is 0 Å². The molecule has 0 spiro atoms. The van der Waals surface area contributed by atoms with E-state index in [1.807, 2.05) is 25.7 Å². The van der Waals surface area contributed by atoms with Crippen LogP contribution in [0.2, 0.25) is 0 Å². The van der Waals surface area contributed by atoms with Crippen molar-refractivity contribution in [3.8, 4) is 0 Å². The highest BCUT2D eigenvalue weighted by Gasteiger charge is 2.41. The normalized spacial score (nSPS) is 31.8. The number of allylic oxidation sites excluding steroid dienone is 1. The monoisotopic (exact) mass is 236 g/mol. The number of carbonyl (C=O) groups excluding carboxylic acids is 1. The molecule has 1 saturated carbocycles. The molecule has 1 amide bonds. The van der Waals surface area contributed by atoms with Crippen LogP contribution in [0.25, 0.3) is 0 Å². The predicted octanol–water partition coefficient (Wildman–Crippen LogP) is 1.80. The lowest BCUT2D eigenvalue weighted by molar-refractivity contribution is -0.133. The molecule has 0 heterocycles. The van der Waals surface area contributed by atoms with Crippen molar-refractivity contribution < 1.29 is 4.79 Å². The summed E-state index contributed by atoms with van der Waals surface area (Å²) in [4.78, 5) is 14.0. The summed E-state index contributed by atoms with van der Waals surface area (Å²) in [7, 11) is 0. The van der Waals surface area contributed by atoms with Crippen molar-refractivity contribution in [2.24, 2.45) is 11.8 Å². The molecule has 0 aromatic heterocycles. The zero-order valence-corrected chi connectivity index (χ0v) is 11.1. The van der Waals surface area contributed by atoms with E-state index in [4.69, 9.17) is 0 Å². The van der Waals surface area contributed by atoms with Crippen LogP contribution in [0, 0.1) is 11.8 Å². The second-order valence-corrected chi connectivity index (χ2v) is 5.24. The van der Waals surface area contributed by atoms with E-state index < -0.39 is 0 Å². The maximum Gasteiger partial charge on any atom is 0.239 e. The first-order valence-electron chi connectivity index (χ1n) is 6.88. The lowest BCUT2D eigenvalue weighted by Gasteiger charge is -2.42. The average molecular weight is 236 g/mol. The Morgan fingerprint density at radius 1 is 1.47 bits per heavy atom. The van der Waals surface area contributed by atoms with Crippen LogP contribution in [0.5, 0.6) is 0 Å². The predicted molar refractivity (Wildman–Crippen MR) is 69.7 cm³/mol. The molecule has 0 aromatic carbocycles. The van der Waals surface area contributed by atoms with Gasteiger partial charge in [0.2, 0.25) is 5.91 Å². The Bertz CT molecular complexity index is 309. The van der Waals surface area contributed by atoms with Gasteiger partial charge in [-0.05, 0) is 45.4 Å². The number of nitrogens with one attached hydrogen (secondary N) is 1. The van der Waals surface area contributed by atoms with Crippen LogP contribution >= 0.6 is 0 Å². The fourth-order valence-corrected chi connectivity index (χ4v) is 3.11. The van der Waals surface area contributed by atoms with Crippen molar-refractivity contribution in [1.82, 2.24) is 10.2 Å². The lowest BCUT2D eigenvalue weighted by atomic mass is 9.71. The zero-order chi connectivity index (χ0) is 12.4. The van der Waals surface area contributed by atoms with Gasteiger partial charge in [-0.15, -0.1) is 0 Å². The highest BCUT2D eigenvalue weighted by molar-refractivity contribution is 5.81. The Balaban J connectivity index is 1.82. The van der Waals surface area contributed by atoms with Crippen molar-refractivity contribution in [2.75, 3.05) is 13.1 Å². The third-order valence-corrected chi connectivity index (χ3v) is 4.27. The third kappa shape index (κ3) is 2.39. The molecule has 0 saturated heterocycles. The van der Waals surface area contributed by atoms with Gasteiger partial charge in [-0.3, -0.25) is 4.79 Å². The summed E-state index contributed by atoms with van der Waals surface area (Å²) in [5.41, 5.74) is 0. The van der Waals surface area contributed by atoms with Gasteiger partial charge in [0.25, 0.3) is 0 Å². The largest absolute Gasteiger partial charge is 0.342 e.